The highest BCUT2D eigenvalue weighted by atomic mass is 19.1. The second-order valence-corrected chi connectivity index (χ2v) is 5.49. The third kappa shape index (κ3) is 2.66. The van der Waals surface area contributed by atoms with Crippen molar-refractivity contribution in [1.82, 2.24) is 5.32 Å². The minimum Gasteiger partial charge on any atom is -0.496 e. The number of nitrogens with one attached hydrogen (secondary N) is 1. The minimum atomic E-state index is -0.243. The maximum Gasteiger partial charge on any atom is 0.124 e. The molecule has 0 bridgehead atoms. The van der Waals surface area contributed by atoms with Crippen LogP contribution in [0.5, 0.6) is 5.75 Å². The van der Waals surface area contributed by atoms with E-state index in [0.29, 0.717) is 5.75 Å². The maximum absolute atomic E-state index is 13.6. The zero-order valence-electron chi connectivity index (χ0n) is 12.4. The van der Waals surface area contributed by atoms with E-state index in [4.69, 9.17) is 4.74 Å². The summed E-state index contributed by atoms with van der Waals surface area (Å²) in [6.07, 6.45) is 3.54. The van der Waals surface area contributed by atoms with Crippen molar-refractivity contribution in [2.45, 2.75) is 25.3 Å². The van der Waals surface area contributed by atoms with Crippen LogP contribution in [0.15, 0.2) is 36.4 Å². The van der Waals surface area contributed by atoms with E-state index in [1.54, 1.807) is 19.2 Å². The Labute approximate surface area is 125 Å². The normalized spacial score (nSPS) is 14.8. The zero-order valence-corrected chi connectivity index (χ0v) is 12.4. The van der Waals surface area contributed by atoms with Gasteiger partial charge in [-0.2, -0.15) is 0 Å². The summed E-state index contributed by atoms with van der Waals surface area (Å²) in [6, 6.07) is 11.2. The van der Waals surface area contributed by atoms with E-state index in [9.17, 15) is 4.39 Å². The number of benzene rings is 2. The highest BCUT2D eigenvalue weighted by Crippen LogP contribution is 2.33. The molecular weight excluding hydrogens is 265 g/mol. The van der Waals surface area contributed by atoms with E-state index in [1.807, 2.05) is 7.05 Å². The molecular formula is C18H20FNO. The molecule has 3 rings (SSSR count). The predicted octanol–water partition coefficient (Wildman–Crippen LogP) is 3.63. The first-order valence-corrected chi connectivity index (χ1v) is 7.35. The van der Waals surface area contributed by atoms with Crippen molar-refractivity contribution in [1.29, 1.82) is 0 Å². The summed E-state index contributed by atoms with van der Waals surface area (Å²) in [5.41, 5.74) is 4.85. The van der Waals surface area contributed by atoms with Gasteiger partial charge < -0.3 is 10.1 Å². The minimum absolute atomic E-state index is 0.0680. The highest BCUT2D eigenvalue weighted by molar-refractivity contribution is 5.45. The molecule has 0 spiro atoms. The van der Waals surface area contributed by atoms with E-state index in [1.165, 1.54) is 30.0 Å². The summed E-state index contributed by atoms with van der Waals surface area (Å²) < 4.78 is 19.0. The molecule has 110 valence electrons. The Kier molecular flexibility index (Phi) is 3.93. The van der Waals surface area contributed by atoms with E-state index in [-0.39, 0.29) is 11.9 Å². The molecule has 1 atom stereocenters. The number of aryl methyl sites for hydroxylation is 2. The van der Waals surface area contributed by atoms with Gasteiger partial charge in [0, 0.05) is 5.56 Å². The quantitative estimate of drug-likeness (QED) is 0.926. The molecule has 0 saturated heterocycles. The first kappa shape index (κ1) is 14.1. The molecule has 0 aliphatic heterocycles. The van der Waals surface area contributed by atoms with Crippen LogP contribution in [0.1, 0.15) is 34.7 Å². The smallest absolute Gasteiger partial charge is 0.124 e. The van der Waals surface area contributed by atoms with Crippen molar-refractivity contribution in [3.63, 3.8) is 0 Å². The average molecular weight is 285 g/mol. The van der Waals surface area contributed by atoms with Crippen LogP contribution in [0.25, 0.3) is 0 Å². The molecule has 2 aromatic rings. The SMILES string of the molecule is CNC(c1ccc2c(c1)CCC2)c1cc(F)ccc1OC. The van der Waals surface area contributed by atoms with Crippen LogP contribution >= 0.6 is 0 Å². The molecule has 0 fully saturated rings. The number of hydrogen-bond donors (Lipinski definition) is 1. The second-order valence-electron chi connectivity index (χ2n) is 5.49. The van der Waals surface area contributed by atoms with Gasteiger partial charge in [-0.05, 0) is 61.2 Å². The van der Waals surface area contributed by atoms with E-state index < -0.39 is 0 Å². The number of rotatable bonds is 4. The molecule has 0 heterocycles. The summed E-state index contributed by atoms with van der Waals surface area (Å²) in [4.78, 5) is 0. The molecule has 1 N–H and O–H groups in total. The third-order valence-electron chi connectivity index (χ3n) is 4.25. The van der Waals surface area contributed by atoms with Crippen LogP contribution in [0.3, 0.4) is 0 Å². The zero-order chi connectivity index (χ0) is 14.8. The van der Waals surface area contributed by atoms with Gasteiger partial charge in [0.1, 0.15) is 11.6 Å². The molecule has 2 aromatic carbocycles. The number of halogens is 1. The standard InChI is InChI=1S/C18H20FNO/c1-20-18(16-11-15(19)8-9-17(16)21-2)14-7-6-12-4-3-5-13(12)10-14/h6-11,18,20H,3-5H2,1-2H3. The molecule has 0 radical (unpaired) electrons. The van der Waals surface area contributed by atoms with Crippen LogP contribution < -0.4 is 10.1 Å². The van der Waals surface area contributed by atoms with Crippen molar-refractivity contribution >= 4 is 0 Å². The molecule has 0 amide bonds. The molecule has 2 nitrogen and oxygen atoms in total. The van der Waals surface area contributed by atoms with Crippen molar-refractivity contribution < 1.29 is 9.13 Å². The van der Waals surface area contributed by atoms with Crippen molar-refractivity contribution in [3.8, 4) is 5.75 Å². The number of hydrogen-bond acceptors (Lipinski definition) is 2. The van der Waals surface area contributed by atoms with Gasteiger partial charge in [-0.3, -0.25) is 0 Å². The lowest BCUT2D eigenvalue weighted by molar-refractivity contribution is 0.404. The Balaban J connectivity index is 2.04. The summed E-state index contributed by atoms with van der Waals surface area (Å²) in [6.45, 7) is 0. The van der Waals surface area contributed by atoms with Gasteiger partial charge in [0.2, 0.25) is 0 Å². The Morgan fingerprint density at radius 2 is 1.90 bits per heavy atom. The Bertz CT molecular complexity index is 654. The van der Waals surface area contributed by atoms with Crippen molar-refractivity contribution in [3.05, 3.63) is 64.5 Å². The fourth-order valence-electron chi connectivity index (χ4n) is 3.20. The summed E-state index contributed by atoms with van der Waals surface area (Å²) in [5.74, 6) is 0.462. The second kappa shape index (κ2) is 5.86. The Hall–Kier alpha value is -1.87. The van der Waals surface area contributed by atoms with Gasteiger partial charge in [0.25, 0.3) is 0 Å². The average Bonchev–Trinajstić information content (AvgIpc) is 2.96. The van der Waals surface area contributed by atoms with Gasteiger partial charge in [0.15, 0.2) is 0 Å². The maximum atomic E-state index is 13.6. The van der Waals surface area contributed by atoms with Crippen LogP contribution in [-0.4, -0.2) is 14.2 Å². The van der Waals surface area contributed by atoms with Crippen LogP contribution in [0.2, 0.25) is 0 Å². The predicted molar refractivity (Wildman–Crippen MR) is 82.3 cm³/mol. The number of fused-ring (bicyclic) bond motifs is 1. The van der Waals surface area contributed by atoms with Crippen LogP contribution in [0.4, 0.5) is 4.39 Å². The highest BCUT2D eigenvalue weighted by Gasteiger charge is 2.20. The lowest BCUT2D eigenvalue weighted by Crippen LogP contribution is -2.19. The molecule has 1 aliphatic carbocycles. The van der Waals surface area contributed by atoms with Gasteiger partial charge in [-0.1, -0.05) is 18.2 Å². The van der Waals surface area contributed by atoms with Gasteiger partial charge in [0.05, 0.1) is 13.2 Å². The molecule has 0 aromatic heterocycles. The summed E-state index contributed by atoms with van der Waals surface area (Å²) in [7, 11) is 3.51. The molecule has 1 unspecified atom stereocenters. The van der Waals surface area contributed by atoms with Gasteiger partial charge >= 0.3 is 0 Å². The fraction of sp³-hybridized carbons (Fsp3) is 0.333. The molecule has 3 heteroatoms. The Morgan fingerprint density at radius 1 is 1.10 bits per heavy atom. The van der Waals surface area contributed by atoms with Crippen molar-refractivity contribution in [2.75, 3.05) is 14.2 Å². The largest absolute Gasteiger partial charge is 0.496 e. The third-order valence-corrected chi connectivity index (χ3v) is 4.25. The van der Waals surface area contributed by atoms with Gasteiger partial charge in [-0.15, -0.1) is 0 Å². The van der Waals surface area contributed by atoms with E-state index in [0.717, 1.165) is 17.5 Å². The van der Waals surface area contributed by atoms with Gasteiger partial charge in [-0.25, -0.2) is 4.39 Å². The van der Waals surface area contributed by atoms with Crippen molar-refractivity contribution in [2.24, 2.45) is 0 Å². The summed E-state index contributed by atoms with van der Waals surface area (Å²) >= 11 is 0. The monoisotopic (exact) mass is 285 g/mol. The molecule has 0 saturated carbocycles. The molecule has 1 aliphatic rings. The van der Waals surface area contributed by atoms with Crippen LogP contribution in [0, 0.1) is 5.82 Å². The first-order valence-electron chi connectivity index (χ1n) is 7.35. The Morgan fingerprint density at radius 3 is 2.67 bits per heavy atom. The number of ether oxygens (including phenoxy) is 1. The summed E-state index contributed by atoms with van der Waals surface area (Å²) in [5, 5.41) is 3.28. The van der Waals surface area contributed by atoms with Crippen LogP contribution in [-0.2, 0) is 12.8 Å². The fourth-order valence-corrected chi connectivity index (χ4v) is 3.20. The number of methoxy groups -OCH3 is 1. The lowest BCUT2D eigenvalue weighted by atomic mass is 9.95. The van der Waals surface area contributed by atoms with E-state index >= 15 is 0 Å². The first-order chi connectivity index (χ1) is 10.2. The lowest BCUT2D eigenvalue weighted by Gasteiger charge is -2.21. The molecule has 21 heavy (non-hydrogen) atoms. The topological polar surface area (TPSA) is 21.3 Å². The van der Waals surface area contributed by atoms with E-state index in [2.05, 4.69) is 23.5 Å².